The molecule has 0 spiro atoms. The minimum atomic E-state index is -1.20. The second kappa shape index (κ2) is 9.81. The molecule has 2 amide bonds. The first kappa shape index (κ1) is 24.7. The van der Waals surface area contributed by atoms with Crippen molar-refractivity contribution >= 4 is 17.8 Å². The highest BCUT2D eigenvalue weighted by atomic mass is 19.1. The third kappa shape index (κ3) is 4.73. The second-order valence-corrected chi connectivity index (χ2v) is 10.3. The van der Waals surface area contributed by atoms with Crippen molar-refractivity contribution in [3.8, 4) is 0 Å². The summed E-state index contributed by atoms with van der Waals surface area (Å²) in [5, 5.41) is 11.7. The first-order chi connectivity index (χ1) is 17.8. The third-order valence-electron chi connectivity index (χ3n) is 7.27. The zero-order chi connectivity index (χ0) is 26.2. The van der Waals surface area contributed by atoms with Gasteiger partial charge in [-0.1, -0.05) is 62.4 Å². The Bertz CT molecular complexity index is 1350. The molecule has 6 nitrogen and oxygen atoms in total. The van der Waals surface area contributed by atoms with E-state index in [0.717, 1.165) is 23.1 Å². The Morgan fingerprint density at radius 3 is 2.41 bits per heavy atom. The molecule has 3 aromatic rings. The van der Waals surface area contributed by atoms with Crippen LogP contribution in [0.1, 0.15) is 59.3 Å². The number of carbonyl (C=O) groups excluding carboxylic acids is 2. The molecule has 0 aliphatic carbocycles. The summed E-state index contributed by atoms with van der Waals surface area (Å²) in [4.78, 5) is 30.3. The van der Waals surface area contributed by atoms with Crippen molar-refractivity contribution in [2.45, 2.75) is 51.9 Å². The van der Waals surface area contributed by atoms with Gasteiger partial charge >= 0.3 is 0 Å². The van der Waals surface area contributed by atoms with Gasteiger partial charge in [-0.25, -0.2) is 4.39 Å². The number of hydrogen-bond acceptors (Lipinski definition) is 3. The lowest BCUT2D eigenvalue weighted by atomic mass is 9.83. The van der Waals surface area contributed by atoms with Crippen LogP contribution in [-0.2, 0) is 30.0 Å². The van der Waals surface area contributed by atoms with Crippen LogP contribution in [0.3, 0.4) is 0 Å². The van der Waals surface area contributed by atoms with Crippen LogP contribution in [0.5, 0.6) is 0 Å². The van der Waals surface area contributed by atoms with Gasteiger partial charge in [-0.2, -0.15) is 0 Å². The van der Waals surface area contributed by atoms with E-state index in [4.69, 9.17) is 5.41 Å². The first-order valence-corrected chi connectivity index (χ1v) is 12.7. The molecule has 2 aliphatic rings. The Morgan fingerprint density at radius 1 is 1.03 bits per heavy atom. The van der Waals surface area contributed by atoms with E-state index in [1.165, 1.54) is 17.0 Å². The quantitative estimate of drug-likeness (QED) is 0.471. The fourth-order valence-corrected chi connectivity index (χ4v) is 5.22. The van der Waals surface area contributed by atoms with Crippen LogP contribution in [0.15, 0.2) is 72.8 Å². The van der Waals surface area contributed by atoms with Crippen molar-refractivity contribution in [1.29, 1.82) is 5.41 Å². The van der Waals surface area contributed by atoms with Gasteiger partial charge in [0.1, 0.15) is 11.4 Å². The molecule has 2 aliphatic heterocycles. The molecular weight excluding hydrogens is 467 g/mol. The zero-order valence-corrected chi connectivity index (χ0v) is 21.1. The molecule has 0 bridgehead atoms. The predicted molar refractivity (Wildman–Crippen MR) is 140 cm³/mol. The number of halogens is 1. The molecular formula is C30H31FN4O2. The molecule has 37 heavy (non-hydrogen) atoms. The van der Waals surface area contributed by atoms with Gasteiger partial charge in [0.05, 0.1) is 6.54 Å². The van der Waals surface area contributed by atoms with E-state index in [9.17, 15) is 14.0 Å². The van der Waals surface area contributed by atoms with Crippen LogP contribution in [0.4, 0.5) is 4.39 Å². The first-order valence-electron chi connectivity index (χ1n) is 12.7. The van der Waals surface area contributed by atoms with E-state index in [-0.39, 0.29) is 24.3 Å². The van der Waals surface area contributed by atoms with Gasteiger partial charge in [0.15, 0.2) is 5.96 Å². The van der Waals surface area contributed by atoms with Crippen LogP contribution >= 0.6 is 0 Å². The van der Waals surface area contributed by atoms with E-state index in [2.05, 4.69) is 19.2 Å². The minimum absolute atomic E-state index is 0.0234. The second-order valence-electron chi connectivity index (χ2n) is 10.3. The molecule has 1 atom stereocenters. The van der Waals surface area contributed by atoms with Crippen LogP contribution in [0, 0.1) is 17.1 Å². The largest absolute Gasteiger partial charge is 0.338 e. The van der Waals surface area contributed by atoms with E-state index >= 15 is 0 Å². The fourth-order valence-electron chi connectivity index (χ4n) is 5.22. The Kier molecular flexibility index (Phi) is 6.54. The number of nitrogens with zero attached hydrogens (tertiary/aromatic N) is 2. The average Bonchev–Trinajstić information content (AvgIpc) is 3.42. The molecule has 3 aromatic carbocycles. The van der Waals surface area contributed by atoms with Gasteiger partial charge in [0.2, 0.25) is 0 Å². The smallest absolute Gasteiger partial charge is 0.260 e. The number of guanidine groups is 1. The van der Waals surface area contributed by atoms with Gasteiger partial charge in [0, 0.05) is 18.7 Å². The Hall–Kier alpha value is -4.00. The summed E-state index contributed by atoms with van der Waals surface area (Å²) in [6, 6.07) is 21.3. The third-order valence-corrected chi connectivity index (χ3v) is 7.27. The minimum Gasteiger partial charge on any atom is -0.338 e. The van der Waals surface area contributed by atoms with Crippen LogP contribution in [-0.4, -0.2) is 27.6 Å². The van der Waals surface area contributed by atoms with Crippen molar-refractivity contribution in [2.24, 2.45) is 5.92 Å². The molecule has 0 radical (unpaired) electrons. The number of benzene rings is 3. The van der Waals surface area contributed by atoms with E-state index in [0.29, 0.717) is 36.6 Å². The van der Waals surface area contributed by atoms with Gasteiger partial charge < -0.3 is 10.2 Å². The number of hydrogen-bond donors (Lipinski definition) is 2. The topological polar surface area (TPSA) is 76.5 Å². The van der Waals surface area contributed by atoms with Crippen LogP contribution < -0.4 is 5.32 Å². The maximum Gasteiger partial charge on any atom is 0.260 e. The number of rotatable bonds is 7. The molecule has 7 heteroatoms. The highest BCUT2D eigenvalue weighted by molar-refractivity contribution is 6.08. The number of nitrogens with one attached hydrogen (secondary N) is 2. The lowest BCUT2D eigenvalue weighted by Gasteiger charge is -2.28. The summed E-state index contributed by atoms with van der Waals surface area (Å²) in [6.45, 7) is 5.44. The van der Waals surface area contributed by atoms with Crippen LogP contribution in [0.25, 0.3) is 0 Å². The van der Waals surface area contributed by atoms with Gasteiger partial charge in [-0.3, -0.25) is 19.9 Å². The lowest BCUT2D eigenvalue weighted by molar-refractivity contribution is -0.132. The molecule has 0 saturated carbocycles. The van der Waals surface area contributed by atoms with Crippen molar-refractivity contribution in [1.82, 2.24) is 15.1 Å². The van der Waals surface area contributed by atoms with Crippen molar-refractivity contribution in [3.05, 3.63) is 106 Å². The fraction of sp³-hybridized carbons (Fsp3) is 0.300. The molecule has 2 N–H and O–H groups in total. The normalized spacial score (nSPS) is 18.9. The summed E-state index contributed by atoms with van der Waals surface area (Å²) in [5.74, 6) is -0.454. The molecule has 1 unspecified atom stereocenters. The Labute approximate surface area is 216 Å². The highest BCUT2D eigenvalue weighted by Crippen LogP contribution is 2.36. The molecule has 5 rings (SSSR count). The van der Waals surface area contributed by atoms with Crippen molar-refractivity contribution in [2.75, 3.05) is 0 Å². The van der Waals surface area contributed by atoms with Gasteiger partial charge in [0.25, 0.3) is 11.8 Å². The number of amides is 2. The lowest BCUT2D eigenvalue weighted by Crippen LogP contribution is -2.44. The van der Waals surface area contributed by atoms with Crippen molar-refractivity contribution in [3.63, 3.8) is 0 Å². The highest BCUT2D eigenvalue weighted by Gasteiger charge is 2.50. The monoisotopic (exact) mass is 498 g/mol. The van der Waals surface area contributed by atoms with Crippen LogP contribution in [0.2, 0.25) is 0 Å². The summed E-state index contributed by atoms with van der Waals surface area (Å²) in [5.41, 5.74) is 2.93. The molecule has 2 heterocycles. The van der Waals surface area contributed by atoms with Gasteiger partial charge in [-0.15, -0.1) is 0 Å². The molecule has 190 valence electrons. The summed E-state index contributed by atoms with van der Waals surface area (Å²) < 4.78 is 14.2. The summed E-state index contributed by atoms with van der Waals surface area (Å²) >= 11 is 0. The average molecular weight is 499 g/mol. The number of fused-ring (bicyclic) bond motifs is 1. The molecule has 1 fully saturated rings. The van der Waals surface area contributed by atoms with E-state index in [1.54, 1.807) is 24.3 Å². The Balaban J connectivity index is 1.37. The number of carbonyl (C=O) groups is 2. The maximum atomic E-state index is 14.2. The van der Waals surface area contributed by atoms with Gasteiger partial charge in [-0.05, 0) is 65.3 Å². The standard InChI is InChI=1S/C30H31FN4O2/c1-20(2)13-14-30(25-11-6-12-26(31)16-25)28(37)35(29(32)33-30)17-21-7-5-10-22(15-21)27(36)34-18-23-8-3-4-9-24(23)19-34/h3-12,15-16,20H,13-14,17-19H2,1-2H3,(H2,32,33). The van der Waals surface area contributed by atoms with E-state index < -0.39 is 11.4 Å². The summed E-state index contributed by atoms with van der Waals surface area (Å²) in [7, 11) is 0. The molecule has 0 aromatic heterocycles. The van der Waals surface area contributed by atoms with E-state index in [1.807, 2.05) is 41.3 Å². The SMILES string of the molecule is CC(C)CCC1(c2cccc(F)c2)NC(=N)N(Cc2cccc(C(=O)N3Cc4ccccc4C3)c2)C1=O. The zero-order valence-electron chi connectivity index (χ0n) is 21.1. The summed E-state index contributed by atoms with van der Waals surface area (Å²) in [6.07, 6.45) is 1.18. The Morgan fingerprint density at radius 2 is 1.73 bits per heavy atom. The van der Waals surface area contributed by atoms with Crippen molar-refractivity contribution < 1.29 is 14.0 Å². The molecule has 1 saturated heterocycles. The predicted octanol–water partition coefficient (Wildman–Crippen LogP) is 5.18. The maximum absolute atomic E-state index is 14.2.